The third kappa shape index (κ3) is 5.48. The molecule has 0 atom stereocenters. The number of nitrogens with two attached hydrogens (primary N) is 1. The SMILES string of the molecule is CC(CC(=O)Nc1cc(Cl)ccc1Cl)=NNC(=O)c1ccccc1N. The van der Waals surface area contributed by atoms with E-state index in [9.17, 15) is 9.59 Å². The first-order valence-electron chi connectivity index (χ1n) is 7.29. The number of nitrogens with zero attached hydrogens (tertiary/aromatic N) is 1. The number of carbonyl (C=O) groups is 2. The van der Waals surface area contributed by atoms with Gasteiger partial charge >= 0.3 is 0 Å². The van der Waals surface area contributed by atoms with Gasteiger partial charge in [-0.2, -0.15) is 5.10 Å². The van der Waals surface area contributed by atoms with Crippen LogP contribution in [0.3, 0.4) is 0 Å². The maximum absolute atomic E-state index is 12.0. The van der Waals surface area contributed by atoms with Gasteiger partial charge in [0.15, 0.2) is 0 Å². The van der Waals surface area contributed by atoms with E-state index in [1.54, 1.807) is 49.4 Å². The first kappa shape index (κ1) is 18.8. The van der Waals surface area contributed by atoms with Crippen LogP contribution in [0.4, 0.5) is 11.4 Å². The first-order chi connectivity index (χ1) is 11.9. The lowest BCUT2D eigenvalue weighted by molar-refractivity contribution is -0.115. The van der Waals surface area contributed by atoms with E-state index in [1.165, 1.54) is 0 Å². The summed E-state index contributed by atoms with van der Waals surface area (Å²) in [6, 6.07) is 11.4. The average Bonchev–Trinajstić information content (AvgIpc) is 2.56. The summed E-state index contributed by atoms with van der Waals surface area (Å²) in [5, 5.41) is 7.38. The van der Waals surface area contributed by atoms with Crippen molar-refractivity contribution in [2.24, 2.45) is 5.10 Å². The molecule has 8 heteroatoms. The van der Waals surface area contributed by atoms with Crippen molar-refractivity contribution < 1.29 is 9.59 Å². The zero-order chi connectivity index (χ0) is 18.4. The minimum Gasteiger partial charge on any atom is -0.398 e. The van der Waals surface area contributed by atoms with Crippen molar-refractivity contribution in [3.05, 3.63) is 58.1 Å². The molecule has 4 N–H and O–H groups in total. The van der Waals surface area contributed by atoms with Gasteiger partial charge in [-0.3, -0.25) is 9.59 Å². The van der Waals surface area contributed by atoms with E-state index in [0.717, 1.165) is 0 Å². The van der Waals surface area contributed by atoms with Crippen molar-refractivity contribution in [2.45, 2.75) is 13.3 Å². The summed E-state index contributed by atoms with van der Waals surface area (Å²) < 4.78 is 0. The van der Waals surface area contributed by atoms with Gasteiger partial charge in [-0.05, 0) is 37.3 Å². The lowest BCUT2D eigenvalue weighted by Gasteiger charge is -2.08. The minimum atomic E-state index is -0.448. The number of rotatable bonds is 5. The van der Waals surface area contributed by atoms with E-state index in [1.807, 2.05) is 0 Å². The van der Waals surface area contributed by atoms with Gasteiger partial charge in [0.05, 0.1) is 22.7 Å². The summed E-state index contributed by atoms with van der Waals surface area (Å²) in [4.78, 5) is 24.0. The Balaban J connectivity index is 1.94. The van der Waals surface area contributed by atoms with Gasteiger partial charge in [-0.15, -0.1) is 0 Å². The van der Waals surface area contributed by atoms with Crippen LogP contribution in [-0.4, -0.2) is 17.5 Å². The standard InChI is InChI=1S/C17H16Cl2N4O2/c1-10(22-23-17(25)12-4-2-3-5-14(12)20)8-16(24)21-15-9-11(18)6-7-13(15)19/h2-7,9H,8,20H2,1H3,(H,21,24)(H,23,25). The molecule has 25 heavy (non-hydrogen) atoms. The summed E-state index contributed by atoms with van der Waals surface area (Å²) in [5.74, 6) is -0.783. The normalized spacial score (nSPS) is 11.1. The van der Waals surface area contributed by atoms with Crippen molar-refractivity contribution in [3.63, 3.8) is 0 Å². The van der Waals surface area contributed by atoms with Crippen molar-refractivity contribution in [2.75, 3.05) is 11.1 Å². The van der Waals surface area contributed by atoms with E-state index in [0.29, 0.717) is 32.7 Å². The molecule has 0 aliphatic carbocycles. The van der Waals surface area contributed by atoms with Gasteiger partial charge in [0.25, 0.3) is 5.91 Å². The van der Waals surface area contributed by atoms with Crippen LogP contribution in [0.1, 0.15) is 23.7 Å². The van der Waals surface area contributed by atoms with Crippen LogP contribution in [0.15, 0.2) is 47.6 Å². The predicted molar refractivity (Wildman–Crippen MR) is 101 cm³/mol. The van der Waals surface area contributed by atoms with E-state index in [4.69, 9.17) is 28.9 Å². The molecule has 2 aromatic rings. The molecule has 0 saturated heterocycles. The van der Waals surface area contributed by atoms with Crippen molar-refractivity contribution in [1.29, 1.82) is 0 Å². The lowest BCUT2D eigenvalue weighted by Crippen LogP contribution is -2.22. The van der Waals surface area contributed by atoms with Crippen LogP contribution >= 0.6 is 23.2 Å². The second-order valence-corrected chi connectivity index (χ2v) is 6.07. The molecule has 0 heterocycles. The molecule has 2 amide bonds. The van der Waals surface area contributed by atoms with Gasteiger partial charge in [0.1, 0.15) is 0 Å². The van der Waals surface area contributed by atoms with Gasteiger partial charge in [-0.25, -0.2) is 5.43 Å². The maximum Gasteiger partial charge on any atom is 0.273 e. The Bertz CT molecular complexity index is 837. The number of hydrogen-bond donors (Lipinski definition) is 3. The highest BCUT2D eigenvalue weighted by atomic mass is 35.5. The number of benzene rings is 2. The Labute approximate surface area is 155 Å². The number of nitrogen functional groups attached to an aromatic ring is 1. The zero-order valence-electron chi connectivity index (χ0n) is 13.3. The smallest absolute Gasteiger partial charge is 0.273 e. The second-order valence-electron chi connectivity index (χ2n) is 5.22. The molecule has 0 fully saturated rings. The lowest BCUT2D eigenvalue weighted by atomic mass is 10.2. The number of hydrazone groups is 1. The Morgan fingerprint density at radius 1 is 1.16 bits per heavy atom. The topological polar surface area (TPSA) is 96.6 Å². The Morgan fingerprint density at radius 2 is 1.88 bits per heavy atom. The molecular formula is C17H16Cl2N4O2. The van der Waals surface area contributed by atoms with Gasteiger partial charge in [0, 0.05) is 16.4 Å². The fourth-order valence-electron chi connectivity index (χ4n) is 1.97. The molecule has 0 aliphatic rings. The van der Waals surface area contributed by atoms with E-state index >= 15 is 0 Å². The number of halogens is 2. The summed E-state index contributed by atoms with van der Waals surface area (Å²) >= 11 is 11.9. The maximum atomic E-state index is 12.0. The Kier molecular flexibility index (Phi) is 6.38. The van der Waals surface area contributed by atoms with Crippen molar-refractivity contribution in [1.82, 2.24) is 5.43 Å². The summed E-state index contributed by atoms with van der Waals surface area (Å²) in [7, 11) is 0. The molecule has 0 saturated carbocycles. The molecule has 2 rings (SSSR count). The van der Waals surface area contributed by atoms with Crippen LogP contribution in [0, 0.1) is 0 Å². The second kappa shape index (κ2) is 8.50. The number of amides is 2. The summed E-state index contributed by atoms with van der Waals surface area (Å²) in [6.45, 7) is 1.62. The molecule has 2 aromatic carbocycles. The van der Waals surface area contributed by atoms with Crippen LogP contribution in [0.5, 0.6) is 0 Å². The van der Waals surface area contributed by atoms with Crippen LogP contribution in [0.2, 0.25) is 10.0 Å². The molecular weight excluding hydrogens is 363 g/mol. The third-order valence-corrected chi connectivity index (χ3v) is 3.74. The van der Waals surface area contributed by atoms with Crippen LogP contribution < -0.4 is 16.5 Å². The van der Waals surface area contributed by atoms with E-state index in [2.05, 4.69) is 15.8 Å². The van der Waals surface area contributed by atoms with Crippen molar-refractivity contribution in [3.8, 4) is 0 Å². The zero-order valence-corrected chi connectivity index (χ0v) is 14.9. The Hall–Kier alpha value is -2.57. The van der Waals surface area contributed by atoms with Gasteiger partial charge in [0.2, 0.25) is 5.91 Å². The first-order valence-corrected chi connectivity index (χ1v) is 8.05. The number of nitrogens with one attached hydrogen (secondary N) is 2. The average molecular weight is 379 g/mol. The summed E-state index contributed by atoms with van der Waals surface area (Å²) in [5.41, 5.74) is 9.58. The van der Waals surface area contributed by atoms with Crippen LogP contribution in [-0.2, 0) is 4.79 Å². The highest BCUT2D eigenvalue weighted by Gasteiger charge is 2.10. The number of carbonyl (C=O) groups excluding carboxylic acids is 2. The molecule has 0 aromatic heterocycles. The molecule has 6 nitrogen and oxygen atoms in total. The molecule has 0 spiro atoms. The fourth-order valence-corrected chi connectivity index (χ4v) is 2.31. The highest BCUT2D eigenvalue weighted by Crippen LogP contribution is 2.25. The third-order valence-electron chi connectivity index (χ3n) is 3.17. The van der Waals surface area contributed by atoms with E-state index in [-0.39, 0.29) is 12.3 Å². The van der Waals surface area contributed by atoms with Crippen LogP contribution in [0.25, 0.3) is 0 Å². The fraction of sp³-hybridized carbons (Fsp3) is 0.118. The van der Waals surface area contributed by atoms with Crippen molar-refractivity contribution >= 4 is 52.1 Å². The monoisotopic (exact) mass is 378 g/mol. The Morgan fingerprint density at radius 3 is 2.60 bits per heavy atom. The summed E-state index contributed by atoms with van der Waals surface area (Å²) in [6.07, 6.45) is -0.0204. The molecule has 130 valence electrons. The number of hydrogen-bond acceptors (Lipinski definition) is 4. The molecule has 0 unspecified atom stereocenters. The number of anilines is 2. The largest absolute Gasteiger partial charge is 0.398 e. The molecule has 0 aliphatic heterocycles. The number of para-hydroxylation sites is 1. The minimum absolute atomic E-state index is 0.0204. The highest BCUT2D eigenvalue weighted by molar-refractivity contribution is 6.35. The quantitative estimate of drug-likeness (QED) is 0.420. The molecule has 0 bridgehead atoms. The predicted octanol–water partition coefficient (Wildman–Crippen LogP) is 3.71. The molecule has 0 radical (unpaired) electrons. The van der Waals surface area contributed by atoms with Gasteiger partial charge in [-0.1, -0.05) is 35.3 Å². The van der Waals surface area contributed by atoms with E-state index < -0.39 is 5.91 Å². The van der Waals surface area contributed by atoms with Gasteiger partial charge < -0.3 is 11.1 Å².